The Morgan fingerprint density at radius 2 is 1.17 bits per heavy atom. The third-order valence-corrected chi connectivity index (χ3v) is 12.2. The van der Waals surface area contributed by atoms with Gasteiger partial charge in [0.25, 0.3) is 0 Å². The zero-order valence-electron chi connectivity index (χ0n) is 15.4. The Hall–Kier alpha value is 0.251. The van der Waals surface area contributed by atoms with Crippen LogP contribution in [0.25, 0.3) is 0 Å². The van der Waals surface area contributed by atoms with E-state index in [1.807, 2.05) is 45.8 Å². The Labute approximate surface area is 140 Å². The Morgan fingerprint density at radius 3 is 1.48 bits per heavy atom. The Kier molecular flexibility index (Phi) is 7.73. The van der Waals surface area contributed by atoms with Crippen LogP contribution in [0.2, 0.25) is 51.9 Å². The molecule has 140 valence electrons. The average molecular weight is 395 g/mol. The lowest BCUT2D eigenvalue weighted by atomic mass is 10.3. The second-order valence-electron chi connectivity index (χ2n) is 7.92. The number of hydrogen-bond donors (Lipinski definition) is 0. The Balaban J connectivity index is 4.70. The normalized spacial score (nSPS) is 15.1. The molecule has 0 saturated carbocycles. The minimum atomic E-state index is -4.45. The monoisotopic (exact) mass is 394 g/mol. The predicted octanol–water partition coefficient (Wildman–Crippen LogP) is 5.42. The van der Waals surface area contributed by atoms with Crippen molar-refractivity contribution in [3.05, 3.63) is 0 Å². The van der Waals surface area contributed by atoms with E-state index in [2.05, 4.69) is 4.74 Å². The summed E-state index contributed by atoms with van der Waals surface area (Å²) in [6, 6.07) is 0.437. The van der Waals surface area contributed by atoms with Gasteiger partial charge in [-0.2, -0.15) is 17.6 Å². The molecular formula is C13H30F4O3Si3. The maximum atomic E-state index is 13.1. The number of rotatable bonds is 10. The third kappa shape index (κ3) is 9.97. The van der Waals surface area contributed by atoms with E-state index >= 15 is 0 Å². The summed E-state index contributed by atoms with van der Waals surface area (Å²) < 4.78 is 68.1. The largest absolute Gasteiger partial charge is 0.437 e. The molecule has 0 amide bonds. The van der Waals surface area contributed by atoms with Gasteiger partial charge in [0.15, 0.2) is 16.6 Å². The SMILES string of the molecule is CC(F)(F)C(F)(F)OCCC[Si](C)(O[Si](C)(C)C)O[Si](C)(C)C. The molecule has 0 unspecified atom stereocenters. The van der Waals surface area contributed by atoms with Crippen LogP contribution in [-0.4, -0.2) is 43.8 Å². The molecule has 0 bridgehead atoms. The topological polar surface area (TPSA) is 27.7 Å². The minimum absolute atomic E-state index is 0.147. The van der Waals surface area contributed by atoms with Crippen LogP contribution >= 0.6 is 0 Å². The molecule has 0 spiro atoms. The van der Waals surface area contributed by atoms with Crippen molar-refractivity contribution in [1.29, 1.82) is 0 Å². The van der Waals surface area contributed by atoms with Gasteiger partial charge in [-0.1, -0.05) is 0 Å². The zero-order chi connectivity index (χ0) is 18.7. The molecule has 0 aromatic rings. The van der Waals surface area contributed by atoms with Crippen molar-refractivity contribution in [3.63, 3.8) is 0 Å². The van der Waals surface area contributed by atoms with Gasteiger partial charge in [0.2, 0.25) is 0 Å². The summed E-state index contributed by atoms with van der Waals surface area (Å²) in [6.45, 7) is 13.8. The molecule has 0 aliphatic heterocycles. The number of hydrogen-bond acceptors (Lipinski definition) is 3. The first-order chi connectivity index (χ1) is 9.87. The highest BCUT2D eigenvalue weighted by atomic mass is 28.5. The van der Waals surface area contributed by atoms with E-state index in [1.54, 1.807) is 0 Å². The molecule has 0 heterocycles. The van der Waals surface area contributed by atoms with Gasteiger partial charge >= 0.3 is 20.6 Å². The lowest BCUT2D eigenvalue weighted by Gasteiger charge is -2.38. The van der Waals surface area contributed by atoms with E-state index in [1.165, 1.54) is 0 Å². The molecule has 0 saturated heterocycles. The van der Waals surface area contributed by atoms with Crippen LogP contribution in [0.4, 0.5) is 17.6 Å². The molecule has 0 fully saturated rings. The molecule has 0 aliphatic carbocycles. The predicted molar refractivity (Wildman–Crippen MR) is 91.4 cm³/mol. The molecule has 23 heavy (non-hydrogen) atoms. The first kappa shape index (κ1) is 23.3. The van der Waals surface area contributed by atoms with Gasteiger partial charge in [-0.15, -0.1) is 0 Å². The lowest BCUT2D eigenvalue weighted by molar-refractivity contribution is -0.340. The van der Waals surface area contributed by atoms with Crippen molar-refractivity contribution < 1.29 is 30.5 Å². The van der Waals surface area contributed by atoms with Crippen LogP contribution in [-0.2, 0) is 13.0 Å². The van der Waals surface area contributed by atoms with Crippen LogP contribution in [0.5, 0.6) is 0 Å². The number of halogens is 4. The van der Waals surface area contributed by atoms with Crippen LogP contribution in [0.3, 0.4) is 0 Å². The summed E-state index contributed by atoms with van der Waals surface area (Å²) in [6.07, 6.45) is -4.26. The van der Waals surface area contributed by atoms with E-state index in [0.29, 0.717) is 6.04 Å². The molecule has 0 aliphatic rings. The maximum absolute atomic E-state index is 13.1. The lowest BCUT2D eigenvalue weighted by Crippen LogP contribution is -2.52. The second-order valence-corrected chi connectivity index (χ2v) is 20.8. The Morgan fingerprint density at radius 1 is 0.783 bits per heavy atom. The zero-order valence-corrected chi connectivity index (χ0v) is 18.4. The van der Waals surface area contributed by atoms with Crippen LogP contribution in [0.15, 0.2) is 0 Å². The molecule has 0 rings (SSSR count). The fraction of sp³-hybridized carbons (Fsp3) is 1.00. The van der Waals surface area contributed by atoms with Gasteiger partial charge in [0.05, 0.1) is 6.61 Å². The van der Waals surface area contributed by atoms with Gasteiger partial charge in [-0.3, -0.25) is 0 Å². The molecule has 0 N–H and O–H groups in total. The molecule has 10 heteroatoms. The van der Waals surface area contributed by atoms with Crippen LogP contribution in [0.1, 0.15) is 13.3 Å². The standard InChI is InChI=1S/C13H30F4O3Si3/c1-12(14,15)13(16,17)18-10-9-11-23(8,19-21(2,3)4)20-22(5,6)7/h9-11H2,1-8H3. The average Bonchev–Trinajstić information content (AvgIpc) is 2.17. The highest BCUT2D eigenvalue weighted by molar-refractivity contribution is 6.87. The van der Waals surface area contributed by atoms with Crippen LogP contribution < -0.4 is 0 Å². The molecule has 3 nitrogen and oxygen atoms in total. The van der Waals surface area contributed by atoms with Gasteiger partial charge in [0.1, 0.15) is 0 Å². The smallest absolute Gasteiger partial charge is 0.419 e. The van der Waals surface area contributed by atoms with Gasteiger partial charge in [-0.05, 0) is 58.3 Å². The summed E-state index contributed by atoms with van der Waals surface area (Å²) in [5, 5.41) is 0. The third-order valence-electron chi connectivity index (χ3n) is 2.61. The van der Waals surface area contributed by atoms with Crippen molar-refractivity contribution >= 4 is 25.2 Å². The Bertz CT molecular complexity index is 360. The van der Waals surface area contributed by atoms with Crippen molar-refractivity contribution in [2.75, 3.05) is 6.61 Å². The van der Waals surface area contributed by atoms with Gasteiger partial charge in [-0.25, -0.2) is 0 Å². The van der Waals surface area contributed by atoms with Crippen molar-refractivity contribution in [1.82, 2.24) is 0 Å². The quantitative estimate of drug-likeness (QED) is 0.281. The molecule has 0 radical (unpaired) electrons. The maximum Gasteiger partial charge on any atom is 0.419 e. The van der Waals surface area contributed by atoms with Crippen molar-refractivity contribution in [3.8, 4) is 0 Å². The summed E-state index contributed by atoms with van der Waals surface area (Å²) >= 11 is 0. The van der Waals surface area contributed by atoms with Crippen LogP contribution in [0, 0.1) is 0 Å². The molecular weight excluding hydrogens is 364 g/mol. The van der Waals surface area contributed by atoms with E-state index in [4.69, 9.17) is 8.23 Å². The first-order valence-corrected chi connectivity index (χ1v) is 17.0. The molecule has 0 atom stereocenters. The number of alkyl halides is 4. The minimum Gasteiger partial charge on any atom is -0.437 e. The fourth-order valence-corrected chi connectivity index (χ4v) is 14.6. The fourth-order valence-electron chi connectivity index (χ4n) is 2.14. The molecule has 0 aromatic heterocycles. The van der Waals surface area contributed by atoms with E-state index < -0.39 is 43.8 Å². The van der Waals surface area contributed by atoms with E-state index in [9.17, 15) is 17.6 Å². The summed E-state index contributed by atoms with van der Waals surface area (Å²) in [7, 11) is -6.29. The van der Waals surface area contributed by atoms with Crippen molar-refractivity contribution in [2.45, 2.75) is 77.2 Å². The van der Waals surface area contributed by atoms with Crippen molar-refractivity contribution in [2.24, 2.45) is 0 Å². The summed E-state index contributed by atoms with van der Waals surface area (Å²) in [4.78, 5) is 0. The van der Waals surface area contributed by atoms with E-state index in [-0.39, 0.29) is 13.3 Å². The molecule has 0 aromatic carbocycles. The van der Waals surface area contributed by atoms with Gasteiger partial charge < -0.3 is 13.0 Å². The highest BCUT2D eigenvalue weighted by Crippen LogP contribution is 2.35. The van der Waals surface area contributed by atoms with Gasteiger partial charge in [0, 0.05) is 6.92 Å². The summed E-state index contributed by atoms with van der Waals surface area (Å²) in [5.74, 6) is -4.20. The number of ether oxygens (including phenoxy) is 1. The second kappa shape index (κ2) is 7.65. The highest BCUT2D eigenvalue weighted by Gasteiger charge is 2.54. The van der Waals surface area contributed by atoms with E-state index in [0.717, 1.165) is 0 Å². The first-order valence-electron chi connectivity index (χ1n) is 7.67. The summed E-state index contributed by atoms with van der Waals surface area (Å²) in [5.41, 5.74) is 0.